The van der Waals surface area contributed by atoms with Gasteiger partial charge in [0.2, 0.25) is 0 Å². The van der Waals surface area contributed by atoms with E-state index >= 15 is 0 Å². The van der Waals surface area contributed by atoms with Crippen molar-refractivity contribution in [2.75, 3.05) is 73.1 Å². The molecule has 3 aliphatic rings. The second kappa shape index (κ2) is 29.2. The molecule has 0 aliphatic carbocycles. The first-order valence-electron chi connectivity index (χ1n) is 30.6. The summed E-state index contributed by atoms with van der Waals surface area (Å²) in [7, 11) is 2.74. The zero-order valence-electron chi connectivity index (χ0n) is 50.9. The first kappa shape index (κ1) is 64.2. The smallest absolute Gasteiger partial charge is 0.337 e. The molecule has 88 heavy (non-hydrogen) atoms. The highest BCUT2D eigenvalue weighted by Crippen LogP contribution is 2.38. The Morgan fingerprint density at radius 3 is 1.20 bits per heavy atom. The van der Waals surface area contributed by atoms with Crippen LogP contribution < -0.4 is 0 Å². The Labute approximate surface area is 530 Å². The zero-order chi connectivity index (χ0) is 62.2. The first-order valence-corrected chi connectivity index (χ1v) is 31.8. The third-order valence-electron chi connectivity index (χ3n) is 17.6. The number of carbonyl (C=O) groups is 3. The van der Waals surface area contributed by atoms with E-state index in [0.29, 0.717) is 51.4 Å². The molecular formula is C71H79Cl3N6O8. The summed E-state index contributed by atoms with van der Waals surface area (Å²) in [5, 5.41) is 36.8. The number of nitrogens with zero attached hydrogens (tertiary/aromatic N) is 6. The first-order chi connectivity index (χ1) is 42.6. The molecule has 3 aliphatic heterocycles. The number of piperidine rings is 3. The predicted octanol–water partition coefficient (Wildman–Crippen LogP) is 14.5. The summed E-state index contributed by atoms with van der Waals surface area (Å²) in [4.78, 5) is 44.5. The summed E-state index contributed by atoms with van der Waals surface area (Å²) in [6.45, 7) is 13.8. The maximum absolute atomic E-state index is 13.4. The van der Waals surface area contributed by atoms with Crippen LogP contribution in [0.3, 0.4) is 0 Å². The van der Waals surface area contributed by atoms with Crippen molar-refractivity contribution < 1.29 is 39.2 Å². The molecular weight excluding hydrogens is 1170 g/mol. The van der Waals surface area contributed by atoms with E-state index in [2.05, 4.69) is 30.8 Å². The lowest BCUT2D eigenvalue weighted by Crippen LogP contribution is -2.34. The average molecular weight is 1250 g/mol. The number of fused-ring (bicyclic) bond motifs is 3. The number of aromatic nitrogens is 3. The van der Waals surface area contributed by atoms with E-state index in [1.54, 1.807) is 18.2 Å². The largest absolute Gasteiger partial charge is 0.465 e. The second-order valence-electron chi connectivity index (χ2n) is 23.4. The number of Topliss-reactive ketones (excluding diaryl/α,β-unsaturated/α-hetero) is 1. The van der Waals surface area contributed by atoms with E-state index in [1.165, 1.54) is 59.2 Å². The Morgan fingerprint density at radius 2 is 0.807 bits per heavy atom. The van der Waals surface area contributed by atoms with Gasteiger partial charge >= 0.3 is 11.9 Å². The van der Waals surface area contributed by atoms with E-state index in [4.69, 9.17) is 44.3 Å². The maximum atomic E-state index is 13.4. The van der Waals surface area contributed by atoms with Crippen LogP contribution in [0.2, 0.25) is 15.1 Å². The minimum absolute atomic E-state index is 0.00749. The number of ether oxygens (including phenoxy) is 2. The molecule has 0 radical (unpaired) electrons. The molecule has 462 valence electrons. The maximum Gasteiger partial charge on any atom is 0.337 e. The van der Waals surface area contributed by atoms with Gasteiger partial charge in [0.15, 0.2) is 5.78 Å². The van der Waals surface area contributed by atoms with Crippen LogP contribution in [0.4, 0.5) is 0 Å². The number of carbonyl (C=O) groups excluding carboxylic acids is 3. The van der Waals surface area contributed by atoms with E-state index in [0.717, 1.165) is 136 Å². The van der Waals surface area contributed by atoms with E-state index in [-0.39, 0.29) is 18.4 Å². The number of β-amino-alcohol motifs (C(OH)–C–C–N with tert-alkyl or cyclic N) is 2. The Balaban J connectivity index is 0.000000146. The second-order valence-corrected chi connectivity index (χ2v) is 24.7. The van der Waals surface area contributed by atoms with Crippen LogP contribution in [0.1, 0.15) is 135 Å². The fourth-order valence-corrected chi connectivity index (χ4v) is 13.6. The van der Waals surface area contributed by atoms with Gasteiger partial charge in [0.05, 0.1) is 67.3 Å². The van der Waals surface area contributed by atoms with Crippen LogP contribution in [0.25, 0.3) is 49.8 Å². The van der Waals surface area contributed by atoms with Gasteiger partial charge in [-0.15, -0.1) is 0 Å². The number of likely N-dealkylation sites (tertiary alicyclic amines) is 3. The summed E-state index contributed by atoms with van der Waals surface area (Å²) in [6, 6.07) is 39.6. The van der Waals surface area contributed by atoms with Gasteiger partial charge < -0.3 is 48.3 Å². The lowest BCUT2D eigenvalue weighted by atomic mass is 10.0. The Bertz CT molecular complexity index is 3910. The highest BCUT2D eigenvalue weighted by molar-refractivity contribution is 6.31. The molecule has 0 amide bonds. The van der Waals surface area contributed by atoms with Crippen molar-refractivity contribution in [1.29, 1.82) is 0 Å². The summed E-state index contributed by atoms with van der Waals surface area (Å²) in [5.74, 6) is -0.675. The molecule has 9 aromatic rings. The molecule has 2 unspecified atom stereocenters. The van der Waals surface area contributed by atoms with Crippen LogP contribution in [0.5, 0.6) is 0 Å². The van der Waals surface area contributed by atoms with Crippen molar-refractivity contribution in [2.24, 2.45) is 0 Å². The van der Waals surface area contributed by atoms with Gasteiger partial charge in [0.1, 0.15) is 0 Å². The van der Waals surface area contributed by atoms with Gasteiger partial charge in [0, 0.05) is 95.2 Å². The van der Waals surface area contributed by atoms with Crippen LogP contribution >= 0.6 is 34.8 Å². The molecule has 0 bridgehead atoms. The minimum atomic E-state index is -0.608. The lowest BCUT2D eigenvalue weighted by Gasteiger charge is -2.28. The van der Waals surface area contributed by atoms with Crippen LogP contribution in [0, 0.1) is 20.8 Å². The standard InChI is InChI=1S/C24H27ClN2O3.C24H25ClN2O3.C23H27ClN2O2/c2*1-16-23(22(28)15-26-12-4-3-5-13-26)20-11-6-17(24(29)30-2)14-21(20)27(16)19-9-7-18(25)8-10-19;1-16-23(22(28)14-25-11-3-2-4-12-25)20-10-5-17(15-27)13-21(20)26(16)19-8-6-18(24)7-9-19/h6-11,14,22,28H,3-5,12-13,15H2,1-2H3;6-11,14H,3-5,12-13,15H2,1-2H3;5-10,13,22,27-28H,2-4,11-12,14-15H2,1H3. The highest BCUT2D eigenvalue weighted by atomic mass is 35.5. The van der Waals surface area contributed by atoms with Crippen LogP contribution in [0.15, 0.2) is 127 Å². The van der Waals surface area contributed by atoms with Crippen molar-refractivity contribution >= 4 is 85.2 Å². The molecule has 0 saturated carbocycles. The molecule has 3 saturated heterocycles. The van der Waals surface area contributed by atoms with Gasteiger partial charge in [-0.2, -0.15) is 0 Å². The van der Waals surface area contributed by atoms with Crippen molar-refractivity contribution in [1.82, 2.24) is 28.4 Å². The molecule has 3 fully saturated rings. The SMILES string of the molecule is COC(=O)c1ccc2c(C(=O)CN3CCCCC3)c(C)n(-c3ccc(Cl)cc3)c2c1.COC(=O)c1ccc2c(C(O)CN3CCCCC3)c(C)n(-c3ccc(Cl)cc3)c2c1.Cc1c(C(O)CN2CCCCC2)c2ccc(CO)cc2n1-c1ccc(Cl)cc1. The van der Waals surface area contributed by atoms with Crippen molar-refractivity contribution in [3.05, 3.63) is 193 Å². The van der Waals surface area contributed by atoms with Gasteiger partial charge in [-0.1, -0.05) is 78.3 Å². The number of halogens is 3. The Kier molecular flexibility index (Phi) is 21.3. The molecule has 3 N–H and O–H groups in total. The molecule has 0 spiro atoms. The van der Waals surface area contributed by atoms with Crippen molar-refractivity contribution in [3.8, 4) is 17.1 Å². The number of benzene rings is 6. The number of methoxy groups -OCH3 is 2. The van der Waals surface area contributed by atoms with Crippen molar-refractivity contribution in [2.45, 2.75) is 97.4 Å². The molecule has 12 rings (SSSR count). The summed E-state index contributed by atoms with van der Waals surface area (Å²) >= 11 is 18.2. The number of aliphatic hydroxyl groups excluding tert-OH is 3. The minimum Gasteiger partial charge on any atom is -0.465 e. The topological polar surface area (TPSA) is 155 Å². The Hall–Kier alpha value is -6.82. The zero-order valence-corrected chi connectivity index (χ0v) is 53.2. The number of aliphatic hydroxyl groups is 3. The third-order valence-corrected chi connectivity index (χ3v) is 18.3. The number of hydrogen-bond acceptors (Lipinski definition) is 11. The highest BCUT2D eigenvalue weighted by Gasteiger charge is 2.28. The van der Waals surface area contributed by atoms with Crippen LogP contribution in [-0.4, -0.2) is 135 Å². The van der Waals surface area contributed by atoms with Gasteiger partial charge in [-0.3, -0.25) is 9.69 Å². The predicted molar refractivity (Wildman–Crippen MR) is 353 cm³/mol. The quantitative estimate of drug-likeness (QED) is 0.0664. The molecule has 14 nitrogen and oxygen atoms in total. The van der Waals surface area contributed by atoms with E-state index in [9.17, 15) is 29.7 Å². The Morgan fingerprint density at radius 1 is 0.455 bits per heavy atom. The number of rotatable bonds is 15. The van der Waals surface area contributed by atoms with Crippen LogP contribution in [-0.2, 0) is 16.1 Å². The van der Waals surface area contributed by atoms with Crippen molar-refractivity contribution in [3.63, 3.8) is 0 Å². The summed E-state index contributed by atoms with van der Waals surface area (Å²) < 4.78 is 16.0. The average Bonchev–Trinajstić information content (AvgIpc) is 2.45. The normalized spacial score (nSPS) is 15.8. The monoisotopic (exact) mass is 1250 g/mol. The third kappa shape index (κ3) is 14.3. The van der Waals surface area contributed by atoms with E-state index < -0.39 is 18.2 Å². The molecule has 3 aromatic heterocycles. The lowest BCUT2D eigenvalue weighted by molar-refractivity contribution is 0.0592. The number of esters is 2. The fraction of sp³-hybridized carbons (Fsp3) is 0.366. The molecule has 2 atom stereocenters. The molecule has 6 heterocycles. The number of ketones is 1. The summed E-state index contributed by atoms with van der Waals surface area (Å²) in [5.41, 5.74) is 12.7. The van der Waals surface area contributed by atoms with Gasteiger partial charge in [0.25, 0.3) is 0 Å². The molecule has 6 aromatic carbocycles. The fourth-order valence-electron chi connectivity index (χ4n) is 13.2. The van der Waals surface area contributed by atoms with Gasteiger partial charge in [-0.05, 0) is 207 Å². The molecule has 17 heteroatoms. The van der Waals surface area contributed by atoms with Gasteiger partial charge in [-0.25, -0.2) is 9.59 Å². The summed E-state index contributed by atoms with van der Waals surface area (Å²) in [6.07, 6.45) is 9.68. The number of hydrogen-bond donors (Lipinski definition) is 3. The van der Waals surface area contributed by atoms with E-state index in [1.807, 2.05) is 128 Å².